The van der Waals surface area contributed by atoms with Crippen molar-refractivity contribution in [1.29, 1.82) is 0 Å². The molecule has 1 aliphatic heterocycles. The first-order valence-corrected chi connectivity index (χ1v) is 10.2. The van der Waals surface area contributed by atoms with Crippen LogP contribution in [0.3, 0.4) is 0 Å². The van der Waals surface area contributed by atoms with E-state index in [0.717, 1.165) is 28.3 Å². The number of carbonyl (C=O) groups is 2. The molecule has 7 heteroatoms. The van der Waals surface area contributed by atoms with Gasteiger partial charge >= 0.3 is 0 Å². The first kappa shape index (κ1) is 21.2. The zero-order valence-corrected chi connectivity index (χ0v) is 17.7. The fourth-order valence-electron chi connectivity index (χ4n) is 3.99. The quantitative estimate of drug-likeness (QED) is 0.554. The summed E-state index contributed by atoms with van der Waals surface area (Å²) >= 11 is 0. The number of carbonyl (C=O) groups excluding carboxylic acids is 2. The summed E-state index contributed by atoms with van der Waals surface area (Å²) in [6.45, 7) is 2.43. The van der Waals surface area contributed by atoms with Gasteiger partial charge in [0.1, 0.15) is 29.4 Å². The Bertz CT molecular complexity index is 1190. The van der Waals surface area contributed by atoms with Crippen molar-refractivity contribution in [3.8, 4) is 17.2 Å². The highest BCUT2D eigenvalue weighted by Crippen LogP contribution is 2.40. The van der Waals surface area contributed by atoms with Crippen LogP contribution in [-0.4, -0.2) is 26.9 Å². The lowest BCUT2D eigenvalue weighted by Gasteiger charge is -2.21. The zero-order valence-electron chi connectivity index (χ0n) is 17.7. The molecule has 0 aromatic heterocycles. The number of fused-ring (bicyclic) bond motifs is 1. The van der Waals surface area contributed by atoms with Crippen LogP contribution in [0.25, 0.3) is 0 Å². The van der Waals surface area contributed by atoms with Crippen molar-refractivity contribution in [2.45, 2.75) is 33.0 Å². The lowest BCUT2D eigenvalue weighted by molar-refractivity contribution is -0.117. The normalized spacial score (nSPS) is 12.5. The van der Waals surface area contributed by atoms with E-state index in [1.807, 2.05) is 48.5 Å². The van der Waals surface area contributed by atoms with E-state index in [-0.39, 0.29) is 42.4 Å². The topological polar surface area (TPSA) is 113 Å². The van der Waals surface area contributed by atoms with Crippen LogP contribution in [0, 0.1) is 6.92 Å². The number of ether oxygens (including phenoxy) is 1. The van der Waals surface area contributed by atoms with Gasteiger partial charge < -0.3 is 25.6 Å². The molecule has 164 valence electrons. The van der Waals surface area contributed by atoms with Gasteiger partial charge in [-0.2, -0.15) is 0 Å². The Morgan fingerprint density at radius 3 is 2.50 bits per heavy atom. The van der Waals surface area contributed by atoms with Crippen molar-refractivity contribution >= 4 is 11.8 Å². The van der Waals surface area contributed by atoms with Gasteiger partial charge in [0.2, 0.25) is 5.91 Å². The number of benzene rings is 3. The maximum atomic E-state index is 13.5. The molecule has 1 aliphatic rings. The maximum absolute atomic E-state index is 13.5. The molecule has 4 rings (SSSR count). The van der Waals surface area contributed by atoms with Crippen LogP contribution < -0.4 is 10.5 Å². The van der Waals surface area contributed by atoms with Gasteiger partial charge in [-0.05, 0) is 29.2 Å². The van der Waals surface area contributed by atoms with Crippen LogP contribution in [0.2, 0.25) is 0 Å². The number of phenols is 2. The van der Waals surface area contributed by atoms with Crippen molar-refractivity contribution in [3.05, 3.63) is 88.0 Å². The molecule has 0 saturated carbocycles. The molecular weight excluding hydrogens is 408 g/mol. The highest BCUT2D eigenvalue weighted by atomic mass is 16.5. The summed E-state index contributed by atoms with van der Waals surface area (Å²) in [5.41, 5.74) is 9.23. The standard InChI is InChI=1S/C25H24N2O5/c1-15-20(28)11-21(29)23(24(15)32-14-16-6-3-2-4-7-16)25(31)27-12-18-9-5-8-17(10-22(26)30)19(18)13-27/h2-9,11,28-29H,10,12-14H2,1H3,(H2,26,30). The molecule has 0 spiro atoms. The molecular formula is C25H24N2O5. The molecule has 32 heavy (non-hydrogen) atoms. The monoisotopic (exact) mass is 432 g/mol. The summed E-state index contributed by atoms with van der Waals surface area (Å²) < 4.78 is 5.92. The summed E-state index contributed by atoms with van der Waals surface area (Å²) in [4.78, 5) is 26.5. The molecule has 7 nitrogen and oxygen atoms in total. The molecule has 4 N–H and O–H groups in total. The van der Waals surface area contributed by atoms with Gasteiger partial charge in [0.25, 0.3) is 5.91 Å². The molecule has 0 fully saturated rings. The molecule has 0 bridgehead atoms. The Hall–Kier alpha value is -4.00. The number of amides is 2. The Labute approximate surface area is 185 Å². The smallest absolute Gasteiger partial charge is 0.262 e. The number of phenolic OH excluding ortho intramolecular Hbond substituents is 2. The third-order valence-corrected chi connectivity index (χ3v) is 5.65. The minimum absolute atomic E-state index is 0.000452. The van der Waals surface area contributed by atoms with Crippen molar-refractivity contribution < 1.29 is 24.5 Å². The van der Waals surface area contributed by atoms with E-state index in [1.165, 1.54) is 0 Å². The van der Waals surface area contributed by atoms with Gasteiger partial charge in [-0.1, -0.05) is 48.5 Å². The Kier molecular flexibility index (Phi) is 5.73. The first-order valence-electron chi connectivity index (χ1n) is 10.2. The van der Waals surface area contributed by atoms with Crippen molar-refractivity contribution in [2.75, 3.05) is 0 Å². The third kappa shape index (κ3) is 4.09. The fraction of sp³-hybridized carbons (Fsp3) is 0.200. The number of aromatic hydroxyl groups is 2. The molecule has 0 aliphatic carbocycles. The fourth-order valence-corrected chi connectivity index (χ4v) is 3.99. The van der Waals surface area contributed by atoms with Crippen LogP contribution in [0.5, 0.6) is 17.2 Å². The van der Waals surface area contributed by atoms with Crippen molar-refractivity contribution in [1.82, 2.24) is 4.90 Å². The average Bonchev–Trinajstić information content (AvgIpc) is 3.21. The Morgan fingerprint density at radius 2 is 1.78 bits per heavy atom. The predicted octanol–water partition coefficient (Wildman–Crippen LogP) is 3.17. The Balaban J connectivity index is 1.65. The highest BCUT2D eigenvalue weighted by molar-refractivity contribution is 6.00. The summed E-state index contributed by atoms with van der Waals surface area (Å²) in [6, 6.07) is 16.1. The lowest BCUT2D eigenvalue weighted by Crippen LogP contribution is -2.26. The number of nitrogens with two attached hydrogens (primary N) is 1. The van der Waals surface area contributed by atoms with Gasteiger partial charge in [-0.25, -0.2) is 0 Å². The van der Waals surface area contributed by atoms with Crippen molar-refractivity contribution in [2.24, 2.45) is 5.73 Å². The largest absolute Gasteiger partial charge is 0.507 e. The molecule has 0 unspecified atom stereocenters. The highest BCUT2D eigenvalue weighted by Gasteiger charge is 2.31. The van der Waals surface area contributed by atoms with Crippen LogP contribution in [0.15, 0.2) is 54.6 Å². The Morgan fingerprint density at radius 1 is 1.03 bits per heavy atom. The van der Waals surface area contributed by atoms with Crippen LogP contribution in [-0.2, 0) is 30.9 Å². The van der Waals surface area contributed by atoms with E-state index in [0.29, 0.717) is 12.1 Å². The van der Waals surface area contributed by atoms with E-state index in [9.17, 15) is 19.8 Å². The number of nitrogens with zero attached hydrogens (tertiary/aromatic N) is 1. The van der Waals surface area contributed by atoms with Gasteiger partial charge in [0.15, 0.2) is 0 Å². The second kappa shape index (κ2) is 8.63. The summed E-state index contributed by atoms with van der Waals surface area (Å²) in [6.07, 6.45) is 0.0974. The van der Waals surface area contributed by atoms with Gasteiger partial charge in [0.05, 0.1) is 6.42 Å². The molecule has 3 aromatic rings. The van der Waals surface area contributed by atoms with Gasteiger partial charge in [-0.15, -0.1) is 0 Å². The van der Waals surface area contributed by atoms with E-state index in [1.54, 1.807) is 11.8 Å². The van der Waals surface area contributed by atoms with E-state index in [2.05, 4.69) is 0 Å². The summed E-state index contributed by atoms with van der Waals surface area (Å²) in [5.74, 6) is -1.23. The number of hydrogen-bond donors (Lipinski definition) is 3. The van der Waals surface area contributed by atoms with Crippen molar-refractivity contribution in [3.63, 3.8) is 0 Å². The SMILES string of the molecule is Cc1c(O)cc(O)c(C(=O)N2Cc3cccc(CC(N)=O)c3C2)c1OCc1ccccc1. The van der Waals surface area contributed by atoms with Crippen LogP contribution in [0.4, 0.5) is 0 Å². The molecule has 0 saturated heterocycles. The molecule has 0 atom stereocenters. The van der Waals surface area contributed by atoms with Gasteiger partial charge in [-0.3, -0.25) is 9.59 Å². The number of rotatable bonds is 6. The number of hydrogen-bond acceptors (Lipinski definition) is 5. The maximum Gasteiger partial charge on any atom is 0.262 e. The van der Waals surface area contributed by atoms with E-state index < -0.39 is 11.8 Å². The minimum atomic E-state index is -0.438. The predicted molar refractivity (Wildman–Crippen MR) is 118 cm³/mol. The van der Waals surface area contributed by atoms with E-state index >= 15 is 0 Å². The van der Waals surface area contributed by atoms with Crippen LogP contribution >= 0.6 is 0 Å². The number of primary amides is 1. The van der Waals surface area contributed by atoms with E-state index in [4.69, 9.17) is 10.5 Å². The van der Waals surface area contributed by atoms with Gasteiger partial charge in [0, 0.05) is 24.7 Å². The summed E-state index contributed by atoms with van der Waals surface area (Å²) in [5, 5.41) is 20.8. The molecule has 2 amide bonds. The summed E-state index contributed by atoms with van der Waals surface area (Å²) in [7, 11) is 0. The third-order valence-electron chi connectivity index (χ3n) is 5.65. The lowest BCUT2D eigenvalue weighted by atomic mass is 10.0. The minimum Gasteiger partial charge on any atom is -0.507 e. The van der Waals surface area contributed by atoms with Crippen LogP contribution in [0.1, 0.15) is 38.2 Å². The second-order valence-electron chi connectivity index (χ2n) is 7.88. The molecule has 3 aromatic carbocycles. The molecule has 1 heterocycles. The average molecular weight is 432 g/mol. The zero-order chi connectivity index (χ0) is 22.8. The second-order valence-corrected chi connectivity index (χ2v) is 7.88. The molecule has 0 radical (unpaired) electrons. The first-order chi connectivity index (χ1) is 15.3.